The van der Waals surface area contributed by atoms with Crippen LogP contribution >= 0.6 is 22.9 Å². The van der Waals surface area contributed by atoms with E-state index in [1.165, 1.54) is 37.2 Å². The largest absolute Gasteiger partial charge is 0.502 e. The van der Waals surface area contributed by atoms with Gasteiger partial charge < -0.3 is 24.1 Å². The van der Waals surface area contributed by atoms with Crippen molar-refractivity contribution >= 4 is 35.0 Å². The van der Waals surface area contributed by atoms with Crippen molar-refractivity contribution in [3.63, 3.8) is 0 Å². The molecule has 11 heteroatoms. The van der Waals surface area contributed by atoms with Crippen molar-refractivity contribution in [3.05, 3.63) is 77.4 Å². The third-order valence-corrected chi connectivity index (χ3v) is 7.40. The van der Waals surface area contributed by atoms with Gasteiger partial charge in [0.15, 0.2) is 16.3 Å². The average molecular weight is 573 g/mol. The smallest absolute Gasteiger partial charge is 0.338 e. The number of aromatic hydroxyl groups is 1. The Kier molecular flexibility index (Phi) is 8.66. The molecule has 2 aromatic carbocycles. The number of fused-ring (bicyclic) bond motifs is 1. The summed E-state index contributed by atoms with van der Waals surface area (Å²) in [5.74, 6) is 0.162. The van der Waals surface area contributed by atoms with Crippen molar-refractivity contribution in [2.24, 2.45) is 4.99 Å². The van der Waals surface area contributed by atoms with Crippen LogP contribution in [0.15, 0.2) is 51.4 Å². The number of hydrogen-bond acceptors (Lipinski definition) is 9. The fraction of sp³-hybridized carbons (Fsp3) is 0.321. The zero-order valence-electron chi connectivity index (χ0n) is 22.2. The zero-order valence-corrected chi connectivity index (χ0v) is 23.8. The molecule has 0 unspecified atom stereocenters. The molecular weight excluding hydrogens is 544 g/mol. The summed E-state index contributed by atoms with van der Waals surface area (Å²) < 4.78 is 23.4. The number of methoxy groups -OCH3 is 3. The molecular formula is C28H29ClN2O7S. The number of thiazole rings is 1. The van der Waals surface area contributed by atoms with Crippen LogP contribution in [0.25, 0.3) is 6.08 Å². The van der Waals surface area contributed by atoms with E-state index < -0.39 is 12.0 Å². The first kappa shape index (κ1) is 28.3. The van der Waals surface area contributed by atoms with Crippen LogP contribution in [0.4, 0.5) is 0 Å². The summed E-state index contributed by atoms with van der Waals surface area (Å²) in [5.41, 5.74) is 1.56. The first-order valence-corrected chi connectivity index (χ1v) is 13.5. The van der Waals surface area contributed by atoms with Crippen LogP contribution in [0, 0.1) is 0 Å². The highest BCUT2D eigenvalue weighted by Crippen LogP contribution is 2.39. The number of rotatable bonds is 9. The van der Waals surface area contributed by atoms with Crippen LogP contribution in [0.5, 0.6) is 23.0 Å². The minimum Gasteiger partial charge on any atom is -0.502 e. The summed E-state index contributed by atoms with van der Waals surface area (Å²) >= 11 is 7.57. The standard InChI is InChI=1S/C28H29ClN2O7S/c1-6-8-18-23(27(34)38-7-2)24(17-14-16(29)9-10-19(17)35-3)31-26(33)22(39-28(31)30-18)13-15-11-20(36-4)25(32)21(12-15)37-5/h9-14,24,32H,6-8H2,1-5H3/b22-13+/t24-/m1/s1. The van der Waals surface area contributed by atoms with E-state index in [0.29, 0.717) is 43.4 Å². The fourth-order valence-electron chi connectivity index (χ4n) is 4.48. The molecule has 1 aromatic heterocycles. The highest BCUT2D eigenvalue weighted by Gasteiger charge is 2.36. The molecule has 2 heterocycles. The van der Waals surface area contributed by atoms with E-state index in [0.717, 1.165) is 6.42 Å². The van der Waals surface area contributed by atoms with Gasteiger partial charge in [-0.3, -0.25) is 9.36 Å². The molecule has 0 amide bonds. The second kappa shape index (κ2) is 12.0. The first-order valence-electron chi connectivity index (χ1n) is 12.3. The highest BCUT2D eigenvalue weighted by atomic mass is 35.5. The number of allylic oxidation sites excluding steroid dienone is 1. The number of carbonyl (C=O) groups is 1. The summed E-state index contributed by atoms with van der Waals surface area (Å²) in [6, 6.07) is 7.39. The normalized spacial score (nSPS) is 15.0. The van der Waals surface area contributed by atoms with Gasteiger partial charge in [-0.1, -0.05) is 36.3 Å². The maximum atomic E-state index is 14.0. The van der Waals surface area contributed by atoms with Gasteiger partial charge in [0.1, 0.15) is 11.8 Å². The fourth-order valence-corrected chi connectivity index (χ4v) is 5.68. The Morgan fingerprint density at radius 1 is 1.10 bits per heavy atom. The van der Waals surface area contributed by atoms with Crippen LogP contribution in [0.3, 0.4) is 0 Å². The summed E-state index contributed by atoms with van der Waals surface area (Å²) in [5, 5.41) is 10.7. The Labute approximate surface area is 234 Å². The lowest BCUT2D eigenvalue weighted by Gasteiger charge is -2.27. The van der Waals surface area contributed by atoms with Gasteiger partial charge in [0.05, 0.1) is 43.7 Å². The Morgan fingerprint density at radius 3 is 2.36 bits per heavy atom. The minimum absolute atomic E-state index is 0.144. The van der Waals surface area contributed by atoms with Gasteiger partial charge in [0.25, 0.3) is 5.56 Å². The molecule has 1 atom stereocenters. The van der Waals surface area contributed by atoms with E-state index >= 15 is 0 Å². The van der Waals surface area contributed by atoms with Crippen LogP contribution in [-0.4, -0.2) is 43.6 Å². The maximum Gasteiger partial charge on any atom is 0.338 e. The molecule has 0 fully saturated rings. The second-order valence-electron chi connectivity index (χ2n) is 8.57. The van der Waals surface area contributed by atoms with Gasteiger partial charge >= 0.3 is 5.97 Å². The number of halogens is 1. The lowest BCUT2D eigenvalue weighted by Crippen LogP contribution is -2.40. The molecule has 0 bridgehead atoms. The van der Waals surface area contributed by atoms with E-state index in [-0.39, 0.29) is 35.0 Å². The van der Waals surface area contributed by atoms with E-state index in [4.69, 9.17) is 35.5 Å². The van der Waals surface area contributed by atoms with Crippen molar-refractivity contribution in [1.82, 2.24) is 4.57 Å². The number of nitrogens with zero attached hydrogens (tertiary/aromatic N) is 2. The van der Waals surface area contributed by atoms with Crippen molar-refractivity contribution in [1.29, 1.82) is 0 Å². The van der Waals surface area contributed by atoms with Crippen LogP contribution in [0.2, 0.25) is 5.02 Å². The molecule has 3 aromatic rings. The Bertz CT molecular complexity index is 1600. The van der Waals surface area contributed by atoms with E-state index in [1.54, 1.807) is 43.3 Å². The molecule has 0 spiro atoms. The number of carbonyl (C=O) groups excluding carboxylic acids is 1. The number of phenolic OH excluding ortho intramolecular Hbond substituents is 1. The second-order valence-corrected chi connectivity index (χ2v) is 10.0. The van der Waals surface area contributed by atoms with Gasteiger partial charge in [-0.2, -0.15) is 0 Å². The molecule has 1 aliphatic rings. The SMILES string of the molecule is CCCC1=C(C(=O)OCC)[C@@H](c2cc(Cl)ccc2OC)n2c(s/c(=C/c3cc(OC)c(O)c(OC)c3)c2=O)=N1. The molecule has 206 valence electrons. The van der Waals surface area contributed by atoms with Crippen molar-refractivity contribution < 1.29 is 28.8 Å². The molecule has 1 N–H and O–H groups in total. The van der Waals surface area contributed by atoms with Crippen molar-refractivity contribution in [3.8, 4) is 23.0 Å². The predicted octanol–water partition coefficient (Wildman–Crippen LogP) is 3.96. The summed E-state index contributed by atoms with van der Waals surface area (Å²) in [6.45, 7) is 3.87. The Morgan fingerprint density at radius 2 is 1.77 bits per heavy atom. The topological polar surface area (TPSA) is 109 Å². The summed E-state index contributed by atoms with van der Waals surface area (Å²) in [7, 11) is 4.37. The van der Waals surface area contributed by atoms with Gasteiger partial charge in [-0.25, -0.2) is 9.79 Å². The zero-order chi connectivity index (χ0) is 28.3. The van der Waals surface area contributed by atoms with Crippen molar-refractivity contribution in [2.45, 2.75) is 32.7 Å². The lowest BCUT2D eigenvalue weighted by atomic mass is 9.93. The molecule has 1 aliphatic heterocycles. The maximum absolute atomic E-state index is 14.0. The summed E-state index contributed by atoms with van der Waals surface area (Å²) in [6.07, 6.45) is 2.89. The molecule has 0 aliphatic carbocycles. The first-order chi connectivity index (χ1) is 18.8. The molecule has 9 nitrogen and oxygen atoms in total. The number of hydrogen-bond donors (Lipinski definition) is 1. The Hall–Kier alpha value is -3.76. The van der Waals surface area contributed by atoms with Gasteiger partial charge in [0, 0.05) is 10.6 Å². The number of aromatic nitrogens is 1. The van der Waals surface area contributed by atoms with Gasteiger partial charge in [-0.05, 0) is 55.3 Å². The predicted molar refractivity (Wildman–Crippen MR) is 149 cm³/mol. The summed E-state index contributed by atoms with van der Waals surface area (Å²) in [4.78, 5) is 32.5. The van der Waals surface area contributed by atoms with Crippen LogP contribution in [-0.2, 0) is 9.53 Å². The van der Waals surface area contributed by atoms with Crippen LogP contribution in [0.1, 0.15) is 43.9 Å². The highest BCUT2D eigenvalue weighted by molar-refractivity contribution is 7.07. The third kappa shape index (κ3) is 5.39. The van der Waals surface area contributed by atoms with E-state index in [1.807, 2.05) is 6.92 Å². The monoisotopic (exact) mass is 572 g/mol. The number of benzene rings is 2. The molecule has 0 radical (unpaired) electrons. The number of phenols is 1. The van der Waals surface area contributed by atoms with Gasteiger partial charge in [-0.15, -0.1) is 0 Å². The Balaban J connectivity index is 2.05. The molecule has 0 saturated heterocycles. The quantitative estimate of drug-likeness (QED) is 0.387. The van der Waals surface area contributed by atoms with E-state index in [9.17, 15) is 14.7 Å². The van der Waals surface area contributed by atoms with Crippen molar-refractivity contribution in [2.75, 3.05) is 27.9 Å². The number of ether oxygens (including phenoxy) is 4. The van der Waals surface area contributed by atoms with Gasteiger partial charge in [0.2, 0.25) is 5.75 Å². The van der Waals surface area contributed by atoms with Crippen LogP contribution < -0.4 is 29.1 Å². The lowest BCUT2D eigenvalue weighted by molar-refractivity contribution is -0.139. The molecule has 4 rings (SSSR count). The molecule has 39 heavy (non-hydrogen) atoms. The van der Waals surface area contributed by atoms with E-state index in [2.05, 4.69) is 0 Å². The minimum atomic E-state index is -0.874. The average Bonchev–Trinajstić information content (AvgIpc) is 3.23. The number of esters is 1. The third-order valence-electron chi connectivity index (χ3n) is 6.18. The molecule has 0 saturated carbocycles.